The Balaban J connectivity index is 1.49. The molecule has 0 amide bonds. The fourth-order valence-corrected chi connectivity index (χ4v) is 5.28. The number of methoxy groups -OCH3 is 1. The second-order valence-electron chi connectivity index (χ2n) is 9.65. The molecule has 0 radical (unpaired) electrons. The van der Waals surface area contributed by atoms with Gasteiger partial charge in [0, 0.05) is 62.8 Å². The van der Waals surface area contributed by atoms with E-state index in [4.69, 9.17) is 9.47 Å². The molecule has 198 valence electrons. The number of fused-ring (bicyclic) bond motifs is 4. The van der Waals surface area contributed by atoms with Gasteiger partial charge in [0.15, 0.2) is 0 Å². The van der Waals surface area contributed by atoms with E-state index in [9.17, 15) is 13.2 Å². The van der Waals surface area contributed by atoms with Crippen molar-refractivity contribution in [1.29, 1.82) is 0 Å². The van der Waals surface area contributed by atoms with E-state index in [-0.39, 0.29) is 5.56 Å². The Hall–Kier alpha value is -3.11. The number of benzene rings is 2. The van der Waals surface area contributed by atoms with E-state index in [0.29, 0.717) is 36.4 Å². The molecular formula is C27H32F3N5O2. The van der Waals surface area contributed by atoms with Crippen LogP contribution in [-0.4, -0.2) is 67.4 Å². The molecule has 1 saturated heterocycles. The number of aryl methyl sites for hydroxylation is 1. The highest BCUT2D eigenvalue weighted by atomic mass is 19.3. The van der Waals surface area contributed by atoms with E-state index in [1.807, 2.05) is 12.1 Å². The van der Waals surface area contributed by atoms with Crippen LogP contribution < -0.4 is 15.0 Å². The fraction of sp³-hybridized carbons (Fsp3) is 0.481. The summed E-state index contributed by atoms with van der Waals surface area (Å²) in [4.78, 5) is 14.0. The van der Waals surface area contributed by atoms with Gasteiger partial charge in [-0.3, -0.25) is 4.90 Å². The van der Waals surface area contributed by atoms with E-state index >= 15 is 0 Å². The fourth-order valence-electron chi connectivity index (χ4n) is 5.28. The first kappa shape index (κ1) is 25.5. The highest BCUT2D eigenvalue weighted by Gasteiger charge is 2.32. The molecule has 5 rings (SSSR count). The van der Waals surface area contributed by atoms with Crippen molar-refractivity contribution >= 4 is 22.4 Å². The summed E-state index contributed by atoms with van der Waals surface area (Å²) in [6, 6.07) is 7.76. The minimum Gasteiger partial charge on any atom is -0.491 e. The van der Waals surface area contributed by atoms with Crippen molar-refractivity contribution in [2.24, 2.45) is 0 Å². The molecule has 10 heteroatoms. The second-order valence-corrected chi connectivity index (χ2v) is 9.65. The van der Waals surface area contributed by atoms with E-state index < -0.39 is 23.8 Å². The van der Waals surface area contributed by atoms with Gasteiger partial charge in [0.2, 0.25) is 0 Å². The Morgan fingerprint density at radius 2 is 2.00 bits per heavy atom. The lowest BCUT2D eigenvalue weighted by molar-refractivity contribution is 0.131. The SMILES string of the molecule is COCCN1CCN2c3cc4c(N[C@H](C)c5cccc(C(F)F)c5F)nc(C)nc4cc3OCC[C@H]2C1. The van der Waals surface area contributed by atoms with E-state index in [0.717, 1.165) is 55.5 Å². The van der Waals surface area contributed by atoms with Crippen molar-refractivity contribution < 1.29 is 22.6 Å². The van der Waals surface area contributed by atoms with Gasteiger partial charge in [0.05, 0.1) is 36.0 Å². The van der Waals surface area contributed by atoms with Crippen LogP contribution in [0.25, 0.3) is 10.9 Å². The molecule has 2 aliphatic rings. The molecule has 3 aromatic rings. The third-order valence-electron chi connectivity index (χ3n) is 7.20. The van der Waals surface area contributed by atoms with E-state index in [2.05, 4.69) is 25.1 Å². The van der Waals surface area contributed by atoms with Crippen molar-refractivity contribution in [2.75, 3.05) is 56.7 Å². The molecule has 1 aromatic heterocycles. The van der Waals surface area contributed by atoms with Crippen LogP contribution in [0.1, 0.15) is 42.8 Å². The molecule has 2 aromatic carbocycles. The molecule has 7 nitrogen and oxygen atoms in total. The number of ether oxygens (including phenoxy) is 2. The summed E-state index contributed by atoms with van der Waals surface area (Å²) in [6.45, 7) is 8.44. The molecule has 1 fully saturated rings. The predicted octanol–water partition coefficient (Wildman–Crippen LogP) is 5.11. The van der Waals surface area contributed by atoms with Crippen LogP contribution in [-0.2, 0) is 4.74 Å². The number of nitrogens with one attached hydrogen (secondary N) is 1. The molecular weight excluding hydrogens is 483 g/mol. The lowest BCUT2D eigenvalue weighted by atomic mass is 10.0. The van der Waals surface area contributed by atoms with E-state index in [1.54, 1.807) is 21.0 Å². The maximum Gasteiger partial charge on any atom is 0.266 e. The van der Waals surface area contributed by atoms with Gasteiger partial charge in [-0.25, -0.2) is 23.1 Å². The molecule has 0 bridgehead atoms. The maximum atomic E-state index is 14.8. The molecule has 0 saturated carbocycles. The molecule has 0 spiro atoms. The lowest BCUT2D eigenvalue weighted by Crippen LogP contribution is -2.53. The topological polar surface area (TPSA) is 62.8 Å². The normalized spacial score (nSPS) is 18.8. The van der Waals surface area contributed by atoms with Gasteiger partial charge >= 0.3 is 0 Å². The Morgan fingerprint density at radius 3 is 2.78 bits per heavy atom. The minimum atomic E-state index is -2.88. The van der Waals surface area contributed by atoms with Crippen molar-refractivity contribution in [3.8, 4) is 5.75 Å². The van der Waals surface area contributed by atoms with Crippen molar-refractivity contribution in [2.45, 2.75) is 38.8 Å². The zero-order valence-electron chi connectivity index (χ0n) is 21.3. The zero-order valence-corrected chi connectivity index (χ0v) is 21.3. The van der Waals surface area contributed by atoms with Crippen molar-refractivity contribution in [1.82, 2.24) is 14.9 Å². The summed E-state index contributed by atoms with van der Waals surface area (Å²) in [5.74, 6) is 0.957. The average Bonchev–Trinajstić information content (AvgIpc) is 3.04. The van der Waals surface area contributed by atoms with Crippen LogP contribution in [0.3, 0.4) is 0 Å². The van der Waals surface area contributed by atoms with Crippen LogP contribution in [0.4, 0.5) is 24.7 Å². The highest BCUT2D eigenvalue weighted by molar-refractivity contribution is 5.94. The molecule has 2 aliphatic heterocycles. The minimum absolute atomic E-state index is 0.160. The number of alkyl halides is 2. The average molecular weight is 516 g/mol. The van der Waals surface area contributed by atoms with Gasteiger partial charge in [0.25, 0.3) is 6.43 Å². The van der Waals surface area contributed by atoms with Crippen LogP contribution in [0.5, 0.6) is 5.75 Å². The number of piperazine rings is 1. The molecule has 2 atom stereocenters. The quantitative estimate of drug-likeness (QED) is 0.469. The molecule has 0 aliphatic carbocycles. The first-order valence-electron chi connectivity index (χ1n) is 12.6. The van der Waals surface area contributed by atoms with Gasteiger partial charge in [-0.05, 0) is 19.9 Å². The van der Waals surface area contributed by atoms with E-state index in [1.165, 1.54) is 12.1 Å². The van der Waals surface area contributed by atoms with Gasteiger partial charge in [-0.2, -0.15) is 0 Å². The largest absolute Gasteiger partial charge is 0.491 e. The molecule has 3 heterocycles. The Morgan fingerprint density at radius 1 is 1.19 bits per heavy atom. The number of nitrogens with zero attached hydrogens (tertiary/aromatic N) is 4. The monoisotopic (exact) mass is 515 g/mol. The Bertz CT molecular complexity index is 1270. The predicted molar refractivity (Wildman–Crippen MR) is 137 cm³/mol. The summed E-state index contributed by atoms with van der Waals surface area (Å²) >= 11 is 0. The van der Waals surface area contributed by atoms with Gasteiger partial charge in [-0.15, -0.1) is 0 Å². The second kappa shape index (κ2) is 10.7. The van der Waals surface area contributed by atoms with Crippen molar-refractivity contribution in [3.63, 3.8) is 0 Å². The summed E-state index contributed by atoms with van der Waals surface area (Å²) in [6.07, 6.45) is -1.98. The standard InChI is InChI=1S/C27H32F3N5O2/c1-16(19-5-4-6-20(25(19)28)26(29)30)31-27-21-13-23-24(14-22(21)32-17(2)33-27)37-11-7-18-15-34(10-12-36-3)8-9-35(18)23/h4-6,13-14,16,18,26H,7-12,15H2,1-3H3,(H,31,32,33)/t16-,18+/m1/s1. The summed E-state index contributed by atoms with van der Waals surface area (Å²) < 4.78 is 52.8. The van der Waals surface area contributed by atoms with Gasteiger partial charge < -0.3 is 19.7 Å². The summed E-state index contributed by atoms with van der Waals surface area (Å²) in [7, 11) is 1.72. The number of halogens is 3. The summed E-state index contributed by atoms with van der Waals surface area (Å²) in [5, 5.41) is 4.03. The smallest absolute Gasteiger partial charge is 0.266 e. The number of anilines is 2. The number of aromatic nitrogens is 2. The molecule has 0 unspecified atom stereocenters. The van der Waals surface area contributed by atoms with Crippen LogP contribution in [0, 0.1) is 12.7 Å². The van der Waals surface area contributed by atoms with Gasteiger partial charge in [0.1, 0.15) is 23.2 Å². The number of hydrogen-bond donors (Lipinski definition) is 1. The Labute approximate surface area is 214 Å². The zero-order chi connectivity index (χ0) is 26.1. The number of hydrogen-bond acceptors (Lipinski definition) is 7. The molecule has 37 heavy (non-hydrogen) atoms. The van der Waals surface area contributed by atoms with Gasteiger partial charge in [-0.1, -0.05) is 18.2 Å². The Kier molecular flexibility index (Phi) is 7.39. The van der Waals surface area contributed by atoms with Crippen molar-refractivity contribution in [3.05, 3.63) is 53.1 Å². The number of rotatable bonds is 7. The highest BCUT2D eigenvalue weighted by Crippen LogP contribution is 2.40. The molecule has 1 N–H and O–H groups in total. The summed E-state index contributed by atoms with van der Waals surface area (Å²) in [5.41, 5.74) is 1.25. The maximum absolute atomic E-state index is 14.8. The third-order valence-corrected chi connectivity index (χ3v) is 7.20. The first-order valence-corrected chi connectivity index (χ1v) is 12.6. The van der Waals surface area contributed by atoms with Crippen LogP contribution >= 0.6 is 0 Å². The van der Waals surface area contributed by atoms with Crippen LogP contribution in [0.2, 0.25) is 0 Å². The first-order chi connectivity index (χ1) is 17.9. The van der Waals surface area contributed by atoms with Crippen LogP contribution in [0.15, 0.2) is 30.3 Å². The third kappa shape index (κ3) is 5.17. The lowest BCUT2D eigenvalue weighted by Gasteiger charge is -2.41.